The summed E-state index contributed by atoms with van der Waals surface area (Å²) in [5.41, 5.74) is 5.01. The van der Waals surface area contributed by atoms with E-state index in [1.165, 1.54) is 0 Å². The molecule has 3 rings (SSSR count). The number of para-hydroxylation sites is 2. The molecule has 0 saturated carbocycles. The van der Waals surface area contributed by atoms with E-state index in [1.54, 1.807) is 11.3 Å². The zero-order valence-corrected chi connectivity index (χ0v) is 8.79. The first kappa shape index (κ1) is 8.61. The average molecular weight is 215 g/mol. The fourth-order valence-corrected chi connectivity index (χ4v) is 2.20. The predicted octanol–water partition coefficient (Wildman–Crippen LogP) is 2.69. The molecule has 0 fully saturated rings. The standard InChI is InChI=1S/C11H9N3S/c1-2-4-9-8(3-1)13-5-10(14-9)11-6-12-7-15-11/h1-4,6-7,13H,5H2. The normalized spacial score (nSPS) is 14.0. The molecule has 0 saturated heterocycles. The quantitative estimate of drug-likeness (QED) is 0.794. The van der Waals surface area contributed by atoms with E-state index in [1.807, 2.05) is 36.0 Å². The molecule has 0 aliphatic carbocycles. The average Bonchev–Trinajstić information content (AvgIpc) is 2.82. The van der Waals surface area contributed by atoms with Crippen LogP contribution in [0.2, 0.25) is 0 Å². The van der Waals surface area contributed by atoms with E-state index in [9.17, 15) is 0 Å². The number of aromatic nitrogens is 1. The molecule has 0 atom stereocenters. The van der Waals surface area contributed by atoms with Gasteiger partial charge in [-0.1, -0.05) is 12.1 Å². The van der Waals surface area contributed by atoms with E-state index in [0.29, 0.717) is 0 Å². The van der Waals surface area contributed by atoms with Crippen LogP contribution in [-0.2, 0) is 0 Å². The minimum Gasteiger partial charge on any atom is -0.378 e. The van der Waals surface area contributed by atoms with Gasteiger partial charge in [-0.05, 0) is 12.1 Å². The van der Waals surface area contributed by atoms with Gasteiger partial charge in [-0.25, -0.2) is 4.99 Å². The van der Waals surface area contributed by atoms with Gasteiger partial charge >= 0.3 is 0 Å². The van der Waals surface area contributed by atoms with Crippen molar-refractivity contribution in [3.8, 4) is 0 Å². The van der Waals surface area contributed by atoms with Crippen LogP contribution in [0.5, 0.6) is 0 Å². The third-order valence-corrected chi connectivity index (χ3v) is 3.14. The van der Waals surface area contributed by atoms with E-state index in [4.69, 9.17) is 0 Å². The molecule has 1 aromatic carbocycles. The van der Waals surface area contributed by atoms with E-state index >= 15 is 0 Å². The molecule has 2 heterocycles. The highest BCUT2D eigenvalue weighted by molar-refractivity contribution is 7.11. The Morgan fingerprint density at radius 2 is 2.20 bits per heavy atom. The van der Waals surface area contributed by atoms with Crippen LogP contribution in [0, 0.1) is 0 Å². The molecule has 0 radical (unpaired) electrons. The number of aliphatic imine (C=N–C) groups is 1. The van der Waals surface area contributed by atoms with Crippen molar-refractivity contribution in [3.63, 3.8) is 0 Å². The molecule has 74 valence electrons. The largest absolute Gasteiger partial charge is 0.378 e. The summed E-state index contributed by atoms with van der Waals surface area (Å²) in [5, 5.41) is 3.35. The van der Waals surface area contributed by atoms with Crippen LogP contribution in [0.1, 0.15) is 4.88 Å². The third kappa shape index (κ3) is 1.53. The number of hydrogen-bond donors (Lipinski definition) is 1. The number of thiazole rings is 1. The molecule has 1 N–H and O–H groups in total. The first-order valence-corrected chi connectivity index (χ1v) is 5.61. The van der Waals surface area contributed by atoms with Crippen molar-refractivity contribution in [3.05, 3.63) is 40.8 Å². The van der Waals surface area contributed by atoms with Crippen LogP contribution < -0.4 is 5.32 Å². The number of fused-ring (bicyclic) bond motifs is 1. The Balaban J connectivity index is 2.06. The van der Waals surface area contributed by atoms with Gasteiger partial charge in [0.05, 0.1) is 34.0 Å². The van der Waals surface area contributed by atoms with Crippen LogP contribution in [-0.4, -0.2) is 17.2 Å². The molecule has 0 spiro atoms. The molecule has 0 amide bonds. The predicted molar refractivity (Wildman–Crippen MR) is 63.2 cm³/mol. The van der Waals surface area contributed by atoms with Gasteiger partial charge < -0.3 is 5.32 Å². The molecule has 1 aliphatic rings. The molecular weight excluding hydrogens is 206 g/mol. The van der Waals surface area contributed by atoms with Gasteiger partial charge in [-0.2, -0.15) is 0 Å². The number of anilines is 1. The number of rotatable bonds is 1. The van der Waals surface area contributed by atoms with Gasteiger partial charge in [0.25, 0.3) is 0 Å². The number of benzene rings is 1. The van der Waals surface area contributed by atoms with Crippen molar-refractivity contribution in [2.75, 3.05) is 11.9 Å². The van der Waals surface area contributed by atoms with E-state index < -0.39 is 0 Å². The third-order valence-electron chi connectivity index (χ3n) is 2.32. The second kappa shape index (κ2) is 3.47. The van der Waals surface area contributed by atoms with Gasteiger partial charge in [-0.3, -0.25) is 4.98 Å². The van der Waals surface area contributed by atoms with E-state index in [-0.39, 0.29) is 0 Å². The Hall–Kier alpha value is -1.68. The van der Waals surface area contributed by atoms with Crippen LogP contribution in [0.4, 0.5) is 11.4 Å². The molecule has 4 heteroatoms. The SMILES string of the molecule is c1ccc2c(c1)N=C(c1cncs1)CN2. The van der Waals surface area contributed by atoms with Crippen LogP contribution in [0.15, 0.2) is 41.0 Å². The van der Waals surface area contributed by atoms with Gasteiger partial charge in [0.15, 0.2) is 0 Å². The molecule has 0 unspecified atom stereocenters. The highest BCUT2D eigenvalue weighted by Gasteiger charge is 2.12. The number of nitrogens with zero attached hydrogens (tertiary/aromatic N) is 2. The Kier molecular flexibility index (Phi) is 1.99. The Bertz CT molecular complexity index is 502. The summed E-state index contributed by atoms with van der Waals surface area (Å²) in [7, 11) is 0. The number of nitrogens with one attached hydrogen (secondary N) is 1. The monoisotopic (exact) mass is 215 g/mol. The second-order valence-electron chi connectivity index (χ2n) is 3.29. The Morgan fingerprint density at radius 3 is 3.07 bits per heavy atom. The minimum absolute atomic E-state index is 0.777. The summed E-state index contributed by atoms with van der Waals surface area (Å²) in [6.07, 6.45) is 1.86. The fourth-order valence-electron chi connectivity index (χ4n) is 1.59. The van der Waals surface area contributed by atoms with Gasteiger partial charge in [0, 0.05) is 6.20 Å². The topological polar surface area (TPSA) is 37.3 Å². The van der Waals surface area contributed by atoms with Crippen molar-refractivity contribution in [2.24, 2.45) is 4.99 Å². The van der Waals surface area contributed by atoms with Crippen molar-refractivity contribution >= 4 is 28.4 Å². The lowest BCUT2D eigenvalue weighted by atomic mass is 10.2. The van der Waals surface area contributed by atoms with Crippen LogP contribution in [0.25, 0.3) is 0 Å². The first-order valence-electron chi connectivity index (χ1n) is 4.73. The molecule has 1 aromatic heterocycles. The molecule has 3 nitrogen and oxygen atoms in total. The van der Waals surface area contributed by atoms with Crippen molar-refractivity contribution < 1.29 is 0 Å². The van der Waals surface area contributed by atoms with Crippen LogP contribution >= 0.6 is 11.3 Å². The molecule has 15 heavy (non-hydrogen) atoms. The summed E-state index contributed by atoms with van der Waals surface area (Å²) < 4.78 is 0. The summed E-state index contributed by atoms with van der Waals surface area (Å²) in [5.74, 6) is 0. The lowest BCUT2D eigenvalue weighted by Gasteiger charge is -2.16. The smallest absolute Gasteiger partial charge is 0.0865 e. The fraction of sp³-hybridized carbons (Fsp3) is 0.0909. The van der Waals surface area contributed by atoms with Crippen LogP contribution in [0.3, 0.4) is 0 Å². The van der Waals surface area contributed by atoms with E-state index in [2.05, 4.69) is 15.3 Å². The van der Waals surface area contributed by atoms with E-state index in [0.717, 1.165) is 28.5 Å². The minimum atomic E-state index is 0.777. The molecule has 2 aromatic rings. The highest BCUT2D eigenvalue weighted by atomic mass is 32.1. The van der Waals surface area contributed by atoms with Crippen molar-refractivity contribution in [1.82, 2.24) is 4.98 Å². The Labute approximate surface area is 91.5 Å². The highest BCUT2D eigenvalue weighted by Crippen LogP contribution is 2.28. The van der Waals surface area contributed by atoms with Crippen molar-refractivity contribution in [1.29, 1.82) is 0 Å². The molecule has 0 bridgehead atoms. The summed E-state index contributed by atoms with van der Waals surface area (Å²) in [6, 6.07) is 8.07. The van der Waals surface area contributed by atoms with Crippen molar-refractivity contribution in [2.45, 2.75) is 0 Å². The lowest BCUT2D eigenvalue weighted by Crippen LogP contribution is -2.17. The van der Waals surface area contributed by atoms with Gasteiger partial charge in [0.1, 0.15) is 0 Å². The zero-order valence-electron chi connectivity index (χ0n) is 7.97. The van der Waals surface area contributed by atoms with Gasteiger partial charge in [-0.15, -0.1) is 11.3 Å². The van der Waals surface area contributed by atoms with Gasteiger partial charge in [0.2, 0.25) is 0 Å². The second-order valence-corrected chi connectivity index (χ2v) is 4.18. The molecular formula is C11H9N3S. The summed E-state index contributed by atoms with van der Waals surface area (Å²) in [6.45, 7) is 0.777. The summed E-state index contributed by atoms with van der Waals surface area (Å²) >= 11 is 1.62. The first-order chi connectivity index (χ1) is 7.43. The Morgan fingerprint density at radius 1 is 1.27 bits per heavy atom. The summed E-state index contributed by atoms with van der Waals surface area (Å²) in [4.78, 5) is 9.81. The molecule has 1 aliphatic heterocycles. The lowest BCUT2D eigenvalue weighted by molar-refractivity contribution is 1.30. The zero-order chi connectivity index (χ0) is 10.1. The number of hydrogen-bond acceptors (Lipinski definition) is 4. The maximum Gasteiger partial charge on any atom is 0.0865 e. The maximum atomic E-state index is 4.61. The maximum absolute atomic E-state index is 4.61.